The maximum absolute atomic E-state index is 13.4. The summed E-state index contributed by atoms with van der Waals surface area (Å²) in [7, 11) is 7.85. The Labute approximate surface area is 460 Å². The van der Waals surface area contributed by atoms with E-state index in [1.165, 1.54) is 12.7 Å². The van der Waals surface area contributed by atoms with E-state index in [0.29, 0.717) is 48.8 Å². The van der Waals surface area contributed by atoms with Gasteiger partial charge in [0, 0.05) is 24.2 Å². The minimum atomic E-state index is -0.609. The first kappa shape index (κ1) is 60.5. The number of nitrogens with one attached hydrogen (secondary N) is 3. The molecule has 0 aliphatic carbocycles. The van der Waals surface area contributed by atoms with Crippen molar-refractivity contribution in [3.05, 3.63) is 135 Å². The number of carbonyl (C=O) groups is 2. The first-order chi connectivity index (χ1) is 34.0. The Morgan fingerprint density at radius 1 is 0.689 bits per heavy atom. The van der Waals surface area contributed by atoms with E-state index >= 15 is 0 Å². The first-order valence-corrected chi connectivity index (χ1v) is 25.2. The lowest BCUT2D eigenvalue weighted by Gasteiger charge is -2.33. The number of thiophene rings is 2. The van der Waals surface area contributed by atoms with E-state index in [0.717, 1.165) is 54.1 Å². The van der Waals surface area contributed by atoms with E-state index < -0.39 is 11.1 Å². The fourth-order valence-electron chi connectivity index (χ4n) is 8.28. The number of ether oxygens (including phenoxy) is 2. The van der Waals surface area contributed by atoms with E-state index in [1.807, 2.05) is 163 Å². The molecule has 0 radical (unpaired) electrons. The van der Waals surface area contributed by atoms with Gasteiger partial charge in [0.1, 0.15) is 30.0 Å². The number of likely N-dealkylation sites (N-methyl/N-ethyl adjacent to an activating group) is 2. The Bertz CT molecular complexity index is 3040. The van der Waals surface area contributed by atoms with Crippen molar-refractivity contribution >= 4 is 111 Å². The van der Waals surface area contributed by atoms with Crippen molar-refractivity contribution in [1.82, 2.24) is 59.9 Å². The van der Waals surface area contributed by atoms with E-state index in [9.17, 15) is 9.59 Å². The van der Waals surface area contributed by atoms with Crippen LogP contribution in [0.1, 0.15) is 94.8 Å². The smallest absolute Gasteiger partial charge is 0.411 e. The number of nitrogens with zero attached hydrogens (tertiary/aromatic N) is 10. The maximum Gasteiger partial charge on any atom is 0.411 e. The van der Waals surface area contributed by atoms with E-state index in [2.05, 4.69) is 45.6 Å². The minimum Gasteiger partial charge on any atom is -0.440 e. The van der Waals surface area contributed by atoms with Gasteiger partial charge in [0.2, 0.25) is 0 Å². The molecule has 8 aromatic rings. The molecule has 0 saturated heterocycles. The van der Waals surface area contributed by atoms with Gasteiger partial charge in [-0.15, -0.1) is 22.7 Å². The molecule has 398 valence electrons. The van der Waals surface area contributed by atoms with Gasteiger partial charge >= 0.3 is 12.2 Å². The number of rotatable bonds is 10. The molecule has 18 nitrogen and oxygen atoms in total. The van der Waals surface area contributed by atoms with Crippen LogP contribution in [-0.4, -0.2) is 113 Å². The van der Waals surface area contributed by atoms with Crippen LogP contribution in [0.4, 0.5) is 27.0 Å². The number of amides is 2. The van der Waals surface area contributed by atoms with Crippen molar-refractivity contribution in [2.24, 2.45) is 0 Å². The van der Waals surface area contributed by atoms with Gasteiger partial charge in [0.05, 0.1) is 56.0 Å². The second-order valence-electron chi connectivity index (χ2n) is 18.1. The molecule has 8 heterocycles. The number of fused-ring (bicyclic) bond motifs is 4. The lowest BCUT2D eigenvalue weighted by Crippen LogP contribution is -2.42. The fraction of sp³-hybridized carbons (Fsp3) is 0.373. The summed E-state index contributed by atoms with van der Waals surface area (Å²) in [4.78, 5) is 50.3. The second kappa shape index (κ2) is 26.5. The number of anilines is 3. The highest BCUT2D eigenvalue weighted by molar-refractivity contribution is 7.59. The number of benzene rings is 2. The molecule has 2 aromatic carbocycles. The summed E-state index contributed by atoms with van der Waals surface area (Å²) in [6.45, 7) is 13.9. The second-order valence-corrected chi connectivity index (χ2v) is 20.2. The third-order valence-corrected chi connectivity index (χ3v) is 14.2. The molecule has 2 aliphatic rings. The summed E-state index contributed by atoms with van der Waals surface area (Å²) in [6.07, 6.45) is 1.57. The Hall–Kier alpha value is -6.01. The van der Waals surface area contributed by atoms with Gasteiger partial charge in [-0.25, -0.2) is 29.5 Å². The van der Waals surface area contributed by atoms with Crippen molar-refractivity contribution in [3.63, 3.8) is 0 Å². The van der Waals surface area contributed by atoms with Crippen molar-refractivity contribution in [2.45, 2.75) is 85.3 Å². The third-order valence-electron chi connectivity index (χ3n) is 12.0. The van der Waals surface area contributed by atoms with Crippen LogP contribution in [0.5, 0.6) is 0 Å². The monoisotopic (exact) mass is 1100 g/mol. The standard InChI is InChI=1S/C24H27N7O2S.C18H25N5O2.C6H3ClN2S.C2H6.CH4.2H2S/c1-24(2)20-16(21(29-28-20)27-22-19-17(10-11-34-19)25-14-26-22)12-31(24)23(32)33-18(13-30(3)4)15-8-6-5-7-9-15;1-18(2)15-13(16(19)21-20-15)10-23(18)17(24)25-14(11-22(3)4)12-8-6-5-7-9-12;7-6-5-4(1-2-10-5)8-3-9-6;1-2;;;/h5-11,14,18H,12-13H2,1-4H3,(H2,25,26,27,28,29);5-9,14H,10-11H2,1-4H3,(H3,19,20,21);1-3H;1-2H3;1H4;2*1H2/t18-;14-;;;;;/m11...../s1. The Balaban J connectivity index is 0.000000260. The molecule has 2 atom stereocenters. The molecule has 0 fully saturated rings. The average molecular weight is 1110 g/mol. The lowest BCUT2D eigenvalue weighted by atomic mass is 10.0. The van der Waals surface area contributed by atoms with Gasteiger partial charge in [-0.1, -0.05) is 93.5 Å². The molecule has 74 heavy (non-hydrogen) atoms. The third kappa shape index (κ3) is 13.4. The number of nitrogen functional groups attached to an aromatic ring is 1. The molecule has 10 rings (SSSR count). The van der Waals surface area contributed by atoms with E-state index in [-0.39, 0.29) is 58.8 Å². The van der Waals surface area contributed by atoms with Crippen molar-refractivity contribution in [1.29, 1.82) is 0 Å². The largest absolute Gasteiger partial charge is 0.440 e. The van der Waals surface area contributed by atoms with Gasteiger partial charge in [-0.2, -0.15) is 37.2 Å². The number of aromatic amines is 2. The number of aromatic nitrogens is 8. The molecule has 5 N–H and O–H groups in total. The molecular weight excluding hydrogens is 1040 g/mol. The van der Waals surface area contributed by atoms with E-state index in [4.69, 9.17) is 26.8 Å². The number of carbonyl (C=O) groups excluding carboxylic acids is 2. The van der Waals surface area contributed by atoms with E-state index in [1.54, 1.807) is 32.5 Å². The zero-order valence-electron chi connectivity index (χ0n) is 42.6. The van der Waals surface area contributed by atoms with Gasteiger partial charge in [0.15, 0.2) is 17.5 Å². The lowest BCUT2D eigenvalue weighted by molar-refractivity contribution is 0.0251. The molecule has 0 spiro atoms. The SMILES string of the molecule is C.CC.CN(C)C[C@@H](OC(=O)N1Cc2c(N)n[nH]c2C1(C)C)c1ccccc1.CN(C)C[C@@H](OC(=O)N1Cc2c(Nc3ncnc4ccsc34)n[nH]c2C1(C)C)c1ccccc1.Clc1ncnc2ccsc12.S.S. The van der Waals surface area contributed by atoms with Crippen LogP contribution in [0.2, 0.25) is 5.15 Å². The van der Waals surface area contributed by atoms with Crippen molar-refractivity contribution in [3.8, 4) is 0 Å². The Morgan fingerprint density at radius 2 is 1.14 bits per heavy atom. The Kier molecular flexibility index (Phi) is 21.7. The highest BCUT2D eigenvalue weighted by Crippen LogP contribution is 2.43. The maximum atomic E-state index is 13.4. The molecule has 0 saturated carbocycles. The van der Waals surface area contributed by atoms with Crippen molar-refractivity contribution < 1.29 is 19.1 Å². The number of hydrogen-bond donors (Lipinski definition) is 4. The van der Waals surface area contributed by atoms with Crippen LogP contribution < -0.4 is 11.1 Å². The summed E-state index contributed by atoms with van der Waals surface area (Å²) in [5.74, 6) is 1.79. The number of hydrogen-bond acceptors (Lipinski definition) is 16. The van der Waals surface area contributed by atoms with Gasteiger partial charge in [0.25, 0.3) is 0 Å². The van der Waals surface area contributed by atoms with Gasteiger partial charge < -0.3 is 30.3 Å². The molecule has 6 aromatic heterocycles. The molecule has 2 amide bonds. The molecule has 2 aliphatic heterocycles. The van der Waals surface area contributed by atoms with Crippen LogP contribution in [-0.2, 0) is 33.6 Å². The quantitative estimate of drug-likeness (QED) is 0.0939. The molecular formula is C51H69ClN14O4S4. The predicted molar refractivity (Wildman–Crippen MR) is 309 cm³/mol. The highest BCUT2D eigenvalue weighted by Gasteiger charge is 2.46. The minimum absolute atomic E-state index is 0. The topological polar surface area (TPSA) is 213 Å². The van der Waals surface area contributed by atoms with Crippen LogP contribution >= 0.6 is 61.3 Å². The summed E-state index contributed by atoms with van der Waals surface area (Å²) in [5.41, 5.74) is 12.0. The number of nitrogens with two attached hydrogens (primary N) is 1. The van der Waals surface area contributed by atoms with Crippen LogP contribution in [0, 0.1) is 0 Å². The molecule has 23 heteroatoms. The highest BCUT2D eigenvalue weighted by atomic mass is 35.5. The normalized spacial score (nSPS) is 14.3. The summed E-state index contributed by atoms with van der Waals surface area (Å²) in [5, 5.41) is 22.4. The van der Waals surface area contributed by atoms with Crippen LogP contribution in [0.25, 0.3) is 20.4 Å². The predicted octanol–water partition coefficient (Wildman–Crippen LogP) is 11.4. The van der Waals surface area contributed by atoms with Gasteiger partial charge in [-0.3, -0.25) is 20.0 Å². The number of halogens is 1. The zero-order chi connectivity index (χ0) is 51.0. The summed E-state index contributed by atoms with van der Waals surface area (Å²) >= 11 is 8.88. The molecule has 0 unspecified atom stereocenters. The summed E-state index contributed by atoms with van der Waals surface area (Å²) < 4.78 is 13.8. The number of H-pyrrole nitrogens is 2. The summed E-state index contributed by atoms with van der Waals surface area (Å²) in [6, 6.07) is 23.5. The zero-order valence-corrected chi connectivity index (χ0v) is 47.0. The Morgan fingerprint density at radius 3 is 1.62 bits per heavy atom. The first-order valence-electron chi connectivity index (χ1n) is 23.1. The van der Waals surface area contributed by atoms with Crippen LogP contribution in [0.15, 0.2) is 96.2 Å². The fourth-order valence-corrected chi connectivity index (χ4v) is 10.1. The van der Waals surface area contributed by atoms with Crippen LogP contribution in [0.3, 0.4) is 0 Å². The molecule has 0 bridgehead atoms. The van der Waals surface area contributed by atoms with Gasteiger partial charge in [-0.05, 0) is 89.9 Å². The van der Waals surface area contributed by atoms with Crippen molar-refractivity contribution in [2.75, 3.05) is 52.3 Å². The average Bonchev–Trinajstić information content (AvgIpc) is 4.22.